The lowest BCUT2D eigenvalue weighted by Gasteiger charge is -2.31. The number of rotatable bonds is 1. The van der Waals surface area contributed by atoms with Gasteiger partial charge in [-0.15, -0.1) is 0 Å². The molecule has 2 aliphatic rings. The summed E-state index contributed by atoms with van der Waals surface area (Å²) >= 11 is 0. The first kappa shape index (κ1) is 11.4. The van der Waals surface area contributed by atoms with Gasteiger partial charge in [-0.2, -0.15) is 0 Å². The lowest BCUT2D eigenvalue weighted by molar-refractivity contribution is -0.173. The second-order valence-corrected chi connectivity index (χ2v) is 4.71. The Labute approximate surface area is 96.0 Å². The van der Waals surface area contributed by atoms with Crippen LogP contribution < -0.4 is 0 Å². The molecule has 0 bridgehead atoms. The Morgan fingerprint density at radius 2 is 2.19 bits per heavy atom. The predicted octanol–water partition coefficient (Wildman–Crippen LogP) is 2.27. The largest absolute Gasteiger partial charge is 0.466 e. The summed E-state index contributed by atoms with van der Waals surface area (Å²) in [5, 5.41) is 4.02. The fraction of sp³-hybridized carbons (Fsp3) is 0.833. The van der Waals surface area contributed by atoms with Crippen molar-refractivity contribution in [2.45, 2.75) is 51.0 Å². The first-order valence-electron chi connectivity index (χ1n) is 6.02. The maximum Gasteiger partial charge on any atom is 0.353 e. The molecule has 0 amide bonds. The SMILES string of the molecule is COC(=O)C12CCCCCCC1C(C)=NO2. The second kappa shape index (κ2) is 4.44. The van der Waals surface area contributed by atoms with Gasteiger partial charge in [-0.25, -0.2) is 4.79 Å². The molecule has 1 saturated carbocycles. The molecule has 2 rings (SSSR count). The Morgan fingerprint density at radius 3 is 2.94 bits per heavy atom. The third-order valence-electron chi connectivity index (χ3n) is 3.74. The highest BCUT2D eigenvalue weighted by Crippen LogP contribution is 2.40. The molecule has 0 aromatic rings. The maximum absolute atomic E-state index is 12.0. The topological polar surface area (TPSA) is 47.9 Å². The van der Waals surface area contributed by atoms with E-state index in [-0.39, 0.29) is 11.9 Å². The van der Waals surface area contributed by atoms with E-state index in [1.807, 2.05) is 6.92 Å². The summed E-state index contributed by atoms with van der Waals surface area (Å²) in [6, 6.07) is 0. The van der Waals surface area contributed by atoms with Crippen LogP contribution in [0.4, 0.5) is 0 Å². The first-order chi connectivity index (χ1) is 7.70. The van der Waals surface area contributed by atoms with E-state index in [1.165, 1.54) is 13.5 Å². The molecule has 0 N–H and O–H groups in total. The Bertz CT molecular complexity index is 313. The van der Waals surface area contributed by atoms with Crippen LogP contribution in [0.3, 0.4) is 0 Å². The smallest absolute Gasteiger partial charge is 0.353 e. The minimum Gasteiger partial charge on any atom is -0.466 e. The van der Waals surface area contributed by atoms with Crippen molar-refractivity contribution in [1.82, 2.24) is 0 Å². The third-order valence-corrected chi connectivity index (χ3v) is 3.74. The standard InChI is InChI=1S/C12H19NO3/c1-9-10-7-5-3-4-6-8-12(10,16-13-9)11(14)15-2/h10H,3-8H2,1-2H3. The monoisotopic (exact) mass is 225 g/mol. The summed E-state index contributed by atoms with van der Waals surface area (Å²) in [5.74, 6) is -0.153. The zero-order chi connectivity index (χ0) is 11.6. The molecule has 0 radical (unpaired) electrons. The molecule has 90 valence electrons. The highest BCUT2D eigenvalue weighted by molar-refractivity contribution is 5.94. The van der Waals surface area contributed by atoms with Gasteiger partial charge in [-0.05, 0) is 19.8 Å². The average molecular weight is 225 g/mol. The normalized spacial score (nSPS) is 34.1. The van der Waals surface area contributed by atoms with Crippen LogP contribution in [0.1, 0.15) is 45.4 Å². The quantitative estimate of drug-likeness (QED) is 0.643. The number of carbonyl (C=O) groups excluding carboxylic acids is 1. The van der Waals surface area contributed by atoms with Gasteiger partial charge in [0, 0.05) is 6.42 Å². The summed E-state index contributed by atoms with van der Waals surface area (Å²) in [6.07, 6.45) is 6.25. The zero-order valence-corrected chi connectivity index (χ0v) is 9.99. The van der Waals surface area contributed by atoms with Crippen molar-refractivity contribution < 1.29 is 14.4 Å². The number of carbonyl (C=O) groups is 1. The van der Waals surface area contributed by atoms with Crippen molar-refractivity contribution >= 4 is 11.7 Å². The van der Waals surface area contributed by atoms with E-state index in [1.54, 1.807) is 0 Å². The Balaban J connectivity index is 2.26. The molecular formula is C12H19NO3. The van der Waals surface area contributed by atoms with Gasteiger partial charge in [0.2, 0.25) is 5.60 Å². The summed E-state index contributed by atoms with van der Waals surface area (Å²) < 4.78 is 4.90. The average Bonchev–Trinajstić information content (AvgIpc) is 2.55. The fourth-order valence-corrected chi connectivity index (χ4v) is 2.82. The number of esters is 1. The van der Waals surface area contributed by atoms with Crippen molar-refractivity contribution in [3.05, 3.63) is 0 Å². The molecular weight excluding hydrogens is 206 g/mol. The Hall–Kier alpha value is -1.06. The molecule has 4 heteroatoms. The van der Waals surface area contributed by atoms with Gasteiger partial charge < -0.3 is 9.57 Å². The minimum absolute atomic E-state index is 0.111. The van der Waals surface area contributed by atoms with Crippen LogP contribution in [-0.2, 0) is 14.4 Å². The van der Waals surface area contributed by atoms with Crippen molar-refractivity contribution in [2.24, 2.45) is 11.1 Å². The molecule has 1 aliphatic heterocycles. The van der Waals surface area contributed by atoms with Crippen LogP contribution in [0, 0.1) is 5.92 Å². The zero-order valence-electron chi connectivity index (χ0n) is 9.99. The van der Waals surface area contributed by atoms with Gasteiger partial charge >= 0.3 is 5.97 Å². The molecule has 2 atom stereocenters. The van der Waals surface area contributed by atoms with Crippen LogP contribution in [0.5, 0.6) is 0 Å². The van der Waals surface area contributed by atoms with E-state index in [4.69, 9.17) is 9.57 Å². The highest BCUT2D eigenvalue weighted by Gasteiger charge is 2.54. The van der Waals surface area contributed by atoms with E-state index < -0.39 is 5.60 Å². The summed E-state index contributed by atoms with van der Waals surface area (Å²) in [6.45, 7) is 1.94. The molecule has 4 nitrogen and oxygen atoms in total. The second-order valence-electron chi connectivity index (χ2n) is 4.71. The molecule has 2 unspecified atom stereocenters. The number of hydrogen-bond acceptors (Lipinski definition) is 4. The molecule has 0 spiro atoms. The van der Waals surface area contributed by atoms with Crippen molar-refractivity contribution in [3.63, 3.8) is 0 Å². The van der Waals surface area contributed by atoms with Gasteiger partial charge in [0.25, 0.3) is 0 Å². The summed E-state index contributed by atoms with van der Waals surface area (Å²) in [5.41, 5.74) is 0.117. The number of ether oxygens (including phenoxy) is 1. The van der Waals surface area contributed by atoms with E-state index in [0.29, 0.717) is 0 Å². The summed E-state index contributed by atoms with van der Waals surface area (Å²) in [7, 11) is 1.42. The molecule has 1 aliphatic carbocycles. The minimum atomic E-state index is -0.820. The predicted molar refractivity (Wildman–Crippen MR) is 60.1 cm³/mol. The van der Waals surface area contributed by atoms with Crippen LogP contribution in [0.15, 0.2) is 5.16 Å². The van der Waals surface area contributed by atoms with Gasteiger partial charge in [0.05, 0.1) is 18.7 Å². The maximum atomic E-state index is 12.0. The fourth-order valence-electron chi connectivity index (χ4n) is 2.82. The van der Waals surface area contributed by atoms with Crippen molar-refractivity contribution in [2.75, 3.05) is 7.11 Å². The lowest BCUT2D eigenvalue weighted by Crippen LogP contribution is -2.47. The number of hydrogen-bond donors (Lipinski definition) is 0. The Kier molecular flexibility index (Phi) is 3.17. The Morgan fingerprint density at radius 1 is 1.44 bits per heavy atom. The van der Waals surface area contributed by atoms with Crippen molar-refractivity contribution in [1.29, 1.82) is 0 Å². The molecule has 1 heterocycles. The number of oxime groups is 1. The molecule has 1 fully saturated rings. The molecule has 16 heavy (non-hydrogen) atoms. The lowest BCUT2D eigenvalue weighted by atomic mass is 9.76. The van der Waals surface area contributed by atoms with Crippen LogP contribution in [0.25, 0.3) is 0 Å². The molecule has 0 aromatic carbocycles. The van der Waals surface area contributed by atoms with Gasteiger partial charge in [0.15, 0.2) is 0 Å². The van der Waals surface area contributed by atoms with E-state index >= 15 is 0 Å². The first-order valence-corrected chi connectivity index (χ1v) is 6.02. The van der Waals surface area contributed by atoms with E-state index in [2.05, 4.69) is 5.16 Å². The van der Waals surface area contributed by atoms with Crippen LogP contribution in [0.2, 0.25) is 0 Å². The van der Waals surface area contributed by atoms with Crippen LogP contribution in [-0.4, -0.2) is 24.4 Å². The van der Waals surface area contributed by atoms with Gasteiger partial charge in [0.1, 0.15) is 0 Å². The molecule has 0 aromatic heterocycles. The highest BCUT2D eigenvalue weighted by atomic mass is 16.7. The van der Waals surface area contributed by atoms with Crippen LogP contribution >= 0.6 is 0 Å². The number of nitrogens with zero attached hydrogens (tertiary/aromatic N) is 1. The van der Waals surface area contributed by atoms with E-state index in [9.17, 15) is 4.79 Å². The van der Waals surface area contributed by atoms with Crippen molar-refractivity contribution in [3.8, 4) is 0 Å². The van der Waals surface area contributed by atoms with Gasteiger partial charge in [-0.1, -0.05) is 24.4 Å². The van der Waals surface area contributed by atoms with Gasteiger partial charge in [-0.3, -0.25) is 0 Å². The summed E-state index contributed by atoms with van der Waals surface area (Å²) in [4.78, 5) is 17.4. The van der Waals surface area contributed by atoms with E-state index in [0.717, 1.165) is 37.8 Å². The number of methoxy groups -OCH3 is 1. The molecule has 0 saturated heterocycles. The third kappa shape index (κ3) is 1.70. The number of fused-ring (bicyclic) bond motifs is 1.